The van der Waals surface area contributed by atoms with Gasteiger partial charge in [0.15, 0.2) is 5.78 Å². The molecule has 1 aliphatic heterocycles. The molecule has 4 rings (SSSR count). The van der Waals surface area contributed by atoms with Gasteiger partial charge < -0.3 is 5.32 Å². The summed E-state index contributed by atoms with van der Waals surface area (Å²) >= 11 is 0. The van der Waals surface area contributed by atoms with Gasteiger partial charge in [0, 0.05) is 17.7 Å². The molecule has 0 unspecified atom stereocenters. The minimum Gasteiger partial charge on any atom is -0.377 e. The van der Waals surface area contributed by atoms with E-state index < -0.39 is 0 Å². The average Bonchev–Trinajstić information content (AvgIpc) is 2.55. The quantitative estimate of drug-likeness (QED) is 0.703. The van der Waals surface area contributed by atoms with E-state index in [1.165, 1.54) is 12.1 Å². The van der Waals surface area contributed by atoms with Gasteiger partial charge in [-0.05, 0) is 34.5 Å². The lowest BCUT2D eigenvalue weighted by Gasteiger charge is -2.27. The molecule has 0 spiro atoms. The van der Waals surface area contributed by atoms with Crippen LogP contribution in [0.15, 0.2) is 60.7 Å². The van der Waals surface area contributed by atoms with Gasteiger partial charge in [-0.2, -0.15) is 0 Å². The maximum absolute atomic E-state index is 13.1. The Morgan fingerprint density at radius 2 is 1.73 bits per heavy atom. The van der Waals surface area contributed by atoms with Crippen LogP contribution in [0.1, 0.15) is 28.4 Å². The van der Waals surface area contributed by atoms with Gasteiger partial charge in [0.1, 0.15) is 5.82 Å². The van der Waals surface area contributed by atoms with Crippen molar-refractivity contribution in [1.82, 2.24) is 0 Å². The van der Waals surface area contributed by atoms with Crippen molar-refractivity contribution in [2.24, 2.45) is 0 Å². The van der Waals surface area contributed by atoms with Crippen LogP contribution >= 0.6 is 0 Å². The van der Waals surface area contributed by atoms with Crippen molar-refractivity contribution in [2.45, 2.75) is 12.5 Å². The topological polar surface area (TPSA) is 29.1 Å². The van der Waals surface area contributed by atoms with Gasteiger partial charge in [-0.15, -0.1) is 0 Å². The van der Waals surface area contributed by atoms with Gasteiger partial charge in [-0.3, -0.25) is 4.79 Å². The predicted molar refractivity (Wildman–Crippen MR) is 85.7 cm³/mol. The maximum Gasteiger partial charge on any atom is 0.167 e. The molecule has 3 heteroatoms. The molecule has 22 heavy (non-hydrogen) atoms. The molecular weight excluding hydrogens is 277 g/mol. The second kappa shape index (κ2) is 4.95. The van der Waals surface area contributed by atoms with Gasteiger partial charge in [-0.25, -0.2) is 4.39 Å². The molecule has 0 fully saturated rings. The number of ketones is 1. The highest BCUT2D eigenvalue weighted by atomic mass is 19.1. The second-order valence-corrected chi connectivity index (χ2v) is 5.59. The fourth-order valence-electron chi connectivity index (χ4n) is 3.11. The number of rotatable bonds is 1. The molecule has 0 amide bonds. The molecule has 1 aliphatic rings. The van der Waals surface area contributed by atoms with Crippen LogP contribution < -0.4 is 5.32 Å². The lowest BCUT2D eigenvalue weighted by Crippen LogP contribution is -2.23. The Hall–Kier alpha value is -2.68. The Bertz CT molecular complexity index is 870. The molecule has 2 nitrogen and oxygen atoms in total. The lowest BCUT2D eigenvalue weighted by molar-refractivity contribution is 0.0974. The summed E-state index contributed by atoms with van der Waals surface area (Å²) < 4.78 is 13.1. The van der Waals surface area contributed by atoms with Gasteiger partial charge in [0.2, 0.25) is 0 Å². The first kappa shape index (κ1) is 13.0. The van der Waals surface area contributed by atoms with Crippen molar-refractivity contribution in [3.63, 3.8) is 0 Å². The van der Waals surface area contributed by atoms with E-state index in [0.717, 1.165) is 27.6 Å². The minimum atomic E-state index is -0.266. The monoisotopic (exact) mass is 291 g/mol. The first-order chi connectivity index (χ1) is 10.7. The Morgan fingerprint density at radius 3 is 2.55 bits per heavy atom. The van der Waals surface area contributed by atoms with Crippen LogP contribution in [-0.4, -0.2) is 5.78 Å². The zero-order valence-electron chi connectivity index (χ0n) is 11.8. The summed E-state index contributed by atoms with van der Waals surface area (Å²) in [5.74, 6) is -0.142. The summed E-state index contributed by atoms with van der Waals surface area (Å²) in [7, 11) is 0. The fourth-order valence-corrected chi connectivity index (χ4v) is 3.11. The minimum absolute atomic E-state index is 0.109. The summed E-state index contributed by atoms with van der Waals surface area (Å²) in [6.45, 7) is 0. The largest absolute Gasteiger partial charge is 0.377 e. The van der Waals surface area contributed by atoms with E-state index in [0.29, 0.717) is 6.42 Å². The van der Waals surface area contributed by atoms with Gasteiger partial charge in [0.05, 0.1) is 6.04 Å². The van der Waals surface area contributed by atoms with Crippen LogP contribution in [0.5, 0.6) is 0 Å². The Kier molecular flexibility index (Phi) is 2.93. The van der Waals surface area contributed by atoms with Crippen molar-refractivity contribution in [1.29, 1.82) is 0 Å². The van der Waals surface area contributed by atoms with Crippen LogP contribution in [0, 0.1) is 5.82 Å². The third kappa shape index (κ3) is 2.06. The van der Waals surface area contributed by atoms with Crippen LogP contribution in [0.25, 0.3) is 10.8 Å². The smallest absolute Gasteiger partial charge is 0.167 e. The van der Waals surface area contributed by atoms with Crippen molar-refractivity contribution in [3.05, 3.63) is 77.6 Å². The number of halogens is 1. The predicted octanol–water partition coefficient (Wildman–Crippen LogP) is 4.72. The van der Waals surface area contributed by atoms with Crippen LogP contribution in [-0.2, 0) is 0 Å². The third-order valence-corrected chi connectivity index (χ3v) is 4.20. The molecule has 0 saturated carbocycles. The standard InChI is InChI=1S/C19H14FNO/c20-14-8-5-13(6-9-14)17-11-18(22)19-15-4-2-1-3-12(15)7-10-16(19)21-17/h1-10,17,21H,11H2/t17-/m1/s1. The molecule has 0 saturated heterocycles. The van der Waals surface area contributed by atoms with Crippen LogP contribution in [0.4, 0.5) is 10.1 Å². The number of hydrogen-bond acceptors (Lipinski definition) is 2. The van der Waals surface area contributed by atoms with Gasteiger partial charge >= 0.3 is 0 Å². The van der Waals surface area contributed by atoms with Gasteiger partial charge in [0.25, 0.3) is 0 Å². The van der Waals surface area contributed by atoms with E-state index in [2.05, 4.69) is 5.32 Å². The summed E-state index contributed by atoms with van der Waals surface area (Å²) in [4.78, 5) is 12.6. The number of fused-ring (bicyclic) bond motifs is 3. The summed E-state index contributed by atoms with van der Waals surface area (Å²) in [5.41, 5.74) is 2.54. The fraction of sp³-hybridized carbons (Fsp3) is 0.105. The lowest BCUT2D eigenvalue weighted by atomic mass is 9.89. The van der Waals surface area contributed by atoms with E-state index in [1.807, 2.05) is 36.4 Å². The number of anilines is 1. The maximum atomic E-state index is 13.1. The van der Waals surface area contributed by atoms with E-state index >= 15 is 0 Å². The Balaban J connectivity index is 1.79. The third-order valence-electron chi connectivity index (χ3n) is 4.20. The molecule has 1 heterocycles. The Morgan fingerprint density at radius 1 is 0.955 bits per heavy atom. The van der Waals surface area contributed by atoms with E-state index in [4.69, 9.17) is 0 Å². The van der Waals surface area contributed by atoms with Gasteiger partial charge in [-0.1, -0.05) is 42.5 Å². The van der Waals surface area contributed by atoms with E-state index in [1.54, 1.807) is 12.1 Å². The number of hydrogen-bond donors (Lipinski definition) is 1. The number of Topliss-reactive ketones (excluding diaryl/α,β-unsaturated/α-hetero) is 1. The molecule has 3 aromatic carbocycles. The van der Waals surface area contributed by atoms with Crippen molar-refractivity contribution in [2.75, 3.05) is 5.32 Å². The molecule has 1 N–H and O–H groups in total. The number of carbonyl (C=O) groups excluding carboxylic acids is 1. The van der Waals surface area contributed by atoms with Crippen molar-refractivity contribution >= 4 is 22.2 Å². The SMILES string of the molecule is O=C1C[C@H](c2ccc(F)cc2)Nc2ccc3ccccc3c21. The zero-order valence-corrected chi connectivity index (χ0v) is 11.8. The van der Waals surface area contributed by atoms with E-state index in [-0.39, 0.29) is 17.6 Å². The molecule has 0 radical (unpaired) electrons. The number of benzene rings is 3. The molecule has 108 valence electrons. The molecule has 1 atom stereocenters. The molecule has 3 aromatic rings. The number of nitrogens with one attached hydrogen (secondary N) is 1. The zero-order chi connectivity index (χ0) is 15.1. The van der Waals surface area contributed by atoms with E-state index in [9.17, 15) is 9.18 Å². The van der Waals surface area contributed by atoms with Crippen LogP contribution in [0.3, 0.4) is 0 Å². The normalized spacial score (nSPS) is 17.1. The summed E-state index contributed by atoms with van der Waals surface area (Å²) in [5, 5.41) is 5.46. The summed E-state index contributed by atoms with van der Waals surface area (Å²) in [6.07, 6.45) is 0.382. The highest BCUT2D eigenvalue weighted by Gasteiger charge is 2.27. The average molecular weight is 291 g/mol. The van der Waals surface area contributed by atoms with Crippen molar-refractivity contribution in [3.8, 4) is 0 Å². The molecular formula is C19H14FNO. The molecule has 0 aromatic heterocycles. The Labute approximate surface area is 127 Å². The molecule has 0 bridgehead atoms. The first-order valence-corrected chi connectivity index (χ1v) is 7.29. The van der Waals surface area contributed by atoms with Crippen LogP contribution in [0.2, 0.25) is 0 Å². The summed E-state index contributed by atoms with van der Waals surface area (Å²) in [6, 6.07) is 18.1. The van der Waals surface area contributed by atoms with Crippen molar-refractivity contribution < 1.29 is 9.18 Å². The highest BCUT2D eigenvalue weighted by Crippen LogP contribution is 2.36. The number of carbonyl (C=O) groups is 1. The second-order valence-electron chi connectivity index (χ2n) is 5.59. The highest BCUT2D eigenvalue weighted by molar-refractivity contribution is 6.14. The molecule has 0 aliphatic carbocycles. The first-order valence-electron chi connectivity index (χ1n) is 7.29.